The second kappa shape index (κ2) is 8.98. The Balaban J connectivity index is 1.44. The van der Waals surface area contributed by atoms with Gasteiger partial charge in [-0.05, 0) is 42.9 Å². The lowest BCUT2D eigenvalue weighted by Gasteiger charge is -2.38. The minimum atomic E-state index is -0.178. The highest BCUT2D eigenvalue weighted by atomic mass is 16.5. The number of aryl methyl sites for hydroxylation is 3. The fourth-order valence-corrected chi connectivity index (χ4v) is 4.26. The van der Waals surface area contributed by atoms with E-state index in [1.807, 2.05) is 37.0 Å². The minimum Gasteiger partial charge on any atom is -0.481 e. The second-order valence-electron chi connectivity index (χ2n) is 8.64. The number of hydrogen-bond donors (Lipinski definition) is 1. The molecule has 1 aliphatic rings. The van der Waals surface area contributed by atoms with Crippen molar-refractivity contribution in [2.45, 2.75) is 46.2 Å². The summed E-state index contributed by atoms with van der Waals surface area (Å²) >= 11 is 0. The van der Waals surface area contributed by atoms with Crippen LogP contribution < -0.4 is 15.0 Å². The third kappa shape index (κ3) is 4.44. The summed E-state index contributed by atoms with van der Waals surface area (Å²) in [7, 11) is 3.60. The van der Waals surface area contributed by atoms with Crippen molar-refractivity contribution in [3.05, 3.63) is 59.3 Å². The number of anilines is 2. The molecule has 0 radical (unpaired) electrons. The van der Waals surface area contributed by atoms with Crippen molar-refractivity contribution in [3.63, 3.8) is 0 Å². The zero-order valence-corrected chi connectivity index (χ0v) is 19.3. The number of nitrogens with one attached hydrogen (secondary N) is 1. The Morgan fingerprint density at radius 3 is 2.69 bits per heavy atom. The van der Waals surface area contributed by atoms with E-state index in [0.29, 0.717) is 12.4 Å². The van der Waals surface area contributed by atoms with Crippen molar-refractivity contribution >= 4 is 17.3 Å². The van der Waals surface area contributed by atoms with E-state index < -0.39 is 0 Å². The largest absolute Gasteiger partial charge is 0.481 e. The molecular formula is C24H30N6O2. The monoisotopic (exact) mass is 434 g/mol. The van der Waals surface area contributed by atoms with Gasteiger partial charge in [0.15, 0.2) is 0 Å². The van der Waals surface area contributed by atoms with E-state index in [1.54, 1.807) is 13.3 Å². The summed E-state index contributed by atoms with van der Waals surface area (Å²) in [6, 6.07) is 5.77. The molecule has 3 aromatic heterocycles. The Kier molecular flexibility index (Phi) is 6.12. The van der Waals surface area contributed by atoms with Crippen LogP contribution in [0.15, 0.2) is 36.8 Å². The lowest BCUT2D eigenvalue weighted by atomic mass is 9.97. The molecule has 0 spiro atoms. The first-order valence-corrected chi connectivity index (χ1v) is 10.9. The fourth-order valence-electron chi connectivity index (χ4n) is 4.26. The van der Waals surface area contributed by atoms with E-state index >= 15 is 0 Å². The maximum absolute atomic E-state index is 12.5. The van der Waals surface area contributed by atoms with Gasteiger partial charge in [-0.25, -0.2) is 4.98 Å². The zero-order valence-electron chi connectivity index (χ0n) is 19.3. The van der Waals surface area contributed by atoms with Crippen molar-refractivity contribution in [3.8, 4) is 5.88 Å². The Morgan fingerprint density at radius 1 is 1.19 bits per heavy atom. The number of carbonyl (C=O) groups excluding carboxylic acids is 1. The predicted octanol–water partition coefficient (Wildman–Crippen LogP) is 3.24. The summed E-state index contributed by atoms with van der Waals surface area (Å²) in [6.45, 7) is 6.75. The molecule has 4 heterocycles. The molecule has 0 saturated carbocycles. The van der Waals surface area contributed by atoms with Crippen LogP contribution in [0.5, 0.6) is 5.88 Å². The number of ether oxygens (including phenoxy) is 1. The van der Waals surface area contributed by atoms with Crippen LogP contribution in [-0.2, 0) is 24.2 Å². The summed E-state index contributed by atoms with van der Waals surface area (Å²) in [5, 5.41) is 7.54. The number of carbonyl (C=O) groups is 1. The molecule has 1 amide bonds. The summed E-state index contributed by atoms with van der Waals surface area (Å²) in [5.41, 5.74) is 5.94. The van der Waals surface area contributed by atoms with Crippen molar-refractivity contribution in [2.75, 3.05) is 24.4 Å². The van der Waals surface area contributed by atoms with Crippen LogP contribution in [-0.4, -0.2) is 45.9 Å². The van der Waals surface area contributed by atoms with Crippen LogP contribution in [0.25, 0.3) is 0 Å². The molecule has 1 atom stereocenters. The molecule has 4 rings (SSSR count). The first-order valence-electron chi connectivity index (χ1n) is 10.9. The van der Waals surface area contributed by atoms with E-state index in [2.05, 4.69) is 46.4 Å². The maximum atomic E-state index is 12.5. The quantitative estimate of drug-likeness (QED) is 0.615. The number of nitrogens with zero attached hydrogens (tertiary/aromatic N) is 5. The highest BCUT2D eigenvalue weighted by Gasteiger charge is 2.34. The van der Waals surface area contributed by atoms with Gasteiger partial charge in [0.25, 0.3) is 0 Å². The highest BCUT2D eigenvalue weighted by Crippen LogP contribution is 2.35. The summed E-state index contributed by atoms with van der Waals surface area (Å²) < 4.78 is 7.02. The molecule has 0 aromatic carbocycles. The van der Waals surface area contributed by atoms with Gasteiger partial charge < -0.3 is 15.0 Å². The van der Waals surface area contributed by atoms with Crippen molar-refractivity contribution in [2.24, 2.45) is 5.92 Å². The summed E-state index contributed by atoms with van der Waals surface area (Å²) in [4.78, 5) is 23.6. The van der Waals surface area contributed by atoms with Gasteiger partial charge in [0.2, 0.25) is 11.8 Å². The van der Waals surface area contributed by atoms with Gasteiger partial charge in [-0.2, -0.15) is 5.10 Å². The number of fused-ring (bicyclic) bond motifs is 1. The van der Waals surface area contributed by atoms with Gasteiger partial charge >= 0.3 is 0 Å². The van der Waals surface area contributed by atoms with Crippen LogP contribution in [0.2, 0.25) is 0 Å². The number of methoxy groups -OCH3 is 1. The van der Waals surface area contributed by atoms with Gasteiger partial charge in [-0.1, -0.05) is 19.9 Å². The predicted molar refractivity (Wildman–Crippen MR) is 124 cm³/mol. The standard InChI is InChI=1S/C24H30N6O2/c1-15(2)23-24(31)28-22-16(3)27-19(10-20(22)29(23)4)8-6-18-12-26-30(14-18)13-17-7-9-21(32-5)25-11-17/h7,9-12,14-15,23H,6,8,13H2,1-5H3,(H,28,31)/t23-/m0/s1. The SMILES string of the molecule is COc1ccc(Cn2cc(CCc3cc4c(c(C)n3)NC(=O)[C@H](C(C)C)N4C)cn2)cn1. The average molecular weight is 435 g/mol. The van der Waals surface area contributed by atoms with E-state index in [9.17, 15) is 4.79 Å². The van der Waals surface area contributed by atoms with E-state index in [0.717, 1.165) is 46.7 Å². The highest BCUT2D eigenvalue weighted by molar-refractivity contribution is 6.04. The third-order valence-corrected chi connectivity index (χ3v) is 5.89. The number of hydrogen-bond acceptors (Lipinski definition) is 6. The van der Waals surface area contributed by atoms with Crippen LogP contribution in [0.1, 0.15) is 36.4 Å². The molecule has 0 saturated heterocycles. The Hall–Kier alpha value is -3.42. The van der Waals surface area contributed by atoms with Gasteiger partial charge in [0, 0.05) is 31.2 Å². The summed E-state index contributed by atoms with van der Waals surface area (Å²) in [6.07, 6.45) is 7.42. The van der Waals surface area contributed by atoms with Crippen molar-refractivity contribution in [1.82, 2.24) is 19.7 Å². The van der Waals surface area contributed by atoms with E-state index in [4.69, 9.17) is 9.72 Å². The normalized spacial score (nSPS) is 15.6. The molecule has 0 fully saturated rings. The second-order valence-corrected chi connectivity index (χ2v) is 8.64. The minimum absolute atomic E-state index is 0.0344. The lowest BCUT2D eigenvalue weighted by molar-refractivity contribution is -0.118. The molecular weight excluding hydrogens is 404 g/mol. The summed E-state index contributed by atoms with van der Waals surface area (Å²) in [5.74, 6) is 0.858. The molecule has 8 heteroatoms. The van der Waals surface area contributed by atoms with Crippen molar-refractivity contribution in [1.29, 1.82) is 0 Å². The van der Waals surface area contributed by atoms with Crippen LogP contribution >= 0.6 is 0 Å². The maximum Gasteiger partial charge on any atom is 0.247 e. The van der Waals surface area contributed by atoms with E-state index in [1.165, 1.54) is 0 Å². The fraction of sp³-hybridized carbons (Fsp3) is 0.417. The number of likely N-dealkylation sites (N-methyl/N-ethyl adjacent to an activating group) is 1. The Morgan fingerprint density at radius 2 is 2.00 bits per heavy atom. The molecule has 1 N–H and O–H groups in total. The average Bonchev–Trinajstić information content (AvgIpc) is 3.21. The smallest absolute Gasteiger partial charge is 0.247 e. The third-order valence-electron chi connectivity index (χ3n) is 5.89. The van der Waals surface area contributed by atoms with Gasteiger partial charge in [-0.3, -0.25) is 14.5 Å². The number of amides is 1. The van der Waals surface area contributed by atoms with Gasteiger partial charge in [-0.15, -0.1) is 0 Å². The van der Waals surface area contributed by atoms with Crippen LogP contribution in [0, 0.1) is 12.8 Å². The number of aromatic nitrogens is 4. The number of rotatable bonds is 7. The first-order chi connectivity index (χ1) is 15.4. The molecule has 168 valence electrons. The molecule has 0 unspecified atom stereocenters. The van der Waals surface area contributed by atoms with Gasteiger partial charge in [0.1, 0.15) is 6.04 Å². The topological polar surface area (TPSA) is 85.2 Å². The van der Waals surface area contributed by atoms with Gasteiger partial charge in [0.05, 0.1) is 36.9 Å². The molecule has 0 aliphatic carbocycles. The molecule has 1 aliphatic heterocycles. The lowest BCUT2D eigenvalue weighted by Crippen LogP contribution is -2.49. The molecule has 32 heavy (non-hydrogen) atoms. The molecule has 8 nitrogen and oxygen atoms in total. The van der Waals surface area contributed by atoms with E-state index in [-0.39, 0.29) is 17.9 Å². The molecule has 3 aromatic rings. The van der Waals surface area contributed by atoms with Crippen LogP contribution in [0.3, 0.4) is 0 Å². The Bertz CT molecular complexity index is 1110. The number of pyridine rings is 2. The molecule has 0 bridgehead atoms. The zero-order chi connectivity index (χ0) is 22.8. The Labute approximate surface area is 188 Å². The first kappa shape index (κ1) is 21.8. The van der Waals surface area contributed by atoms with Crippen molar-refractivity contribution < 1.29 is 9.53 Å². The van der Waals surface area contributed by atoms with Crippen LogP contribution in [0.4, 0.5) is 11.4 Å².